The average Bonchev–Trinajstić information content (AvgIpc) is 3.11. The topological polar surface area (TPSA) is 117 Å². The van der Waals surface area contributed by atoms with Gasteiger partial charge in [0.25, 0.3) is 5.91 Å². The lowest BCUT2D eigenvalue weighted by molar-refractivity contribution is -0.142. The maximum atomic E-state index is 12.7. The molecule has 0 bridgehead atoms. The first kappa shape index (κ1) is 19.0. The minimum atomic E-state index is -1.09. The number of aliphatic carboxylic acids is 1. The van der Waals surface area contributed by atoms with Gasteiger partial charge in [0, 0.05) is 31.2 Å². The minimum absolute atomic E-state index is 0.258. The Balaban J connectivity index is 1.81. The number of urea groups is 1. The van der Waals surface area contributed by atoms with Gasteiger partial charge in [-0.15, -0.1) is 0 Å². The van der Waals surface area contributed by atoms with Crippen LogP contribution in [0.15, 0.2) is 18.2 Å². The highest BCUT2D eigenvalue weighted by molar-refractivity contribution is 6.00. The maximum absolute atomic E-state index is 12.7. The van der Waals surface area contributed by atoms with Crippen LogP contribution in [0.2, 0.25) is 0 Å². The molecule has 3 rings (SSSR count). The zero-order valence-corrected chi connectivity index (χ0v) is 15.1. The highest BCUT2D eigenvalue weighted by atomic mass is 16.5. The summed E-state index contributed by atoms with van der Waals surface area (Å²) in [5.74, 6) is -1.43. The van der Waals surface area contributed by atoms with Crippen molar-refractivity contribution in [3.63, 3.8) is 0 Å². The molecule has 146 valence electrons. The van der Waals surface area contributed by atoms with E-state index in [1.165, 1.54) is 18.1 Å². The highest BCUT2D eigenvalue weighted by Crippen LogP contribution is 2.30. The van der Waals surface area contributed by atoms with Crippen LogP contribution in [0.4, 0.5) is 10.5 Å². The lowest BCUT2D eigenvalue weighted by Gasteiger charge is -2.28. The number of carboxylic acid groups (broad SMARTS) is 1. The largest absolute Gasteiger partial charge is 0.495 e. The summed E-state index contributed by atoms with van der Waals surface area (Å²) in [6, 6.07) is 3.37. The van der Waals surface area contributed by atoms with Gasteiger partial charge in [-0.25, -0.2) is 9.59 Å². The third-order valence-corrected chi connectivity index (χ3v) is 4.81. The number of anilines is 1. The number of hydrogen-bond donors (Lipinski definition) is 3. The molecule has 2 aliphatic rings. The first-order valence-corrected chi connectivity index (χ1v) is 8.86. The first-order valence-electron chi connectivity index (χ1n) is 8.86. The summed E-state index contributed by atoms with van der Waals surface area (Å²) in [6.07, 6.45) is 1.44. The molecule has 2 aliphatic heterocycles. The number of benzene rings is 1. The molecule has 0 spiro atoms. The molecule has 0 saturated carbocycles. The Morgan fingerprint density at radius 2 is 2.26 bits per heavy atom. The van der Waals surface area contributed by atoms with E-state index in [4.69, 9.17) is 9.47 Å². The number of carboxylic acids is 1. The molecule has 9 nitrogen and oxygen atoms in total. The smallest absolute Gasteiger partial charge is 0.326 e. The maximum Gasteiger partial charge on any atom is 0.326 e. The molecule has 1 aromatic rings. The lowest BCUT2D eigenvalue weighted by atomic mass is 9.93. The number of ether oxygens (including phenoxy) is 2. The van der Waals surface area contributed by atoms with E-state index in [1.807, 2.05) is 0 Å². The Morgan fingerprint density at radius 1 is 1.44 bits per heavy atom. The van der Waals surface area contributed by atoms with Crippen molar-refractivity contribution in [2.24, 2.45) is 5.92 Å². The van der Waals surface area contributed by atoms with E-state index in [1.54, 1.807) is 12.1 Å². The molecule has 9 heteroatoms. The summed E-state index contributed by atoms with van der Waals surface area (Å²) in [5, 5.41) is 14.8. The Kier molecular flexibility index (Phi) is 5.80. The average molecular weight is 377 g/mol. The van der Waals surface area contributed by atoms with Gasteiger partial charge < -0.3 is 25.2 Å². The van der Waals surface area contributed by atoms with E-state index in [0.29, 0.717) is 44.2 Å². The molecule has 3 amide bonds. The van der Waals surface area contributed by atoms with Gasteiger partial charge >= 0.3 is 12.0 Å². The molecule has 2 saturated heterocycles. The minimum Gasteiger partial charge on any atom is -0.495 e. The molecule has 0 aliphatic carbocycles. The third-order valence-electron chi connectivity index (χ3n) is 4.81. The quantitative estimate of drug-likeness (QED) is 0.676. The second-order valence-corrected chi connectivity index (χ2v) is 6.54. The monoisotopic (exact) mass is 377 g/mol. The number of nitrogens with zero attached hydrogens (tertiary/aromatic N) is 1. The molecule has 2 atom stereocenters. The number of hydrogen-bond acceptors (Lipinski definition) is 5. The van der Waals surface area contributed by atoms with Gasteiger partial charge in [-0.3, -0.25) is 9.69 Å². The van der Waals surface area contributed by atoms with Crippen molar-refractivity contribution in [3.8, 4) is 5.75 Å². The van der Waals surface area contributed by atoms with Crippen LogP contribution in [-0.4, -0.2) is 62.5 Å². The van der Waals surface area contributed by atoms with Crippen LogP contribution in [0.25, 0.3) is 0 Å². The number of carbonyl (C=O) groups is 3. The Labute approximate surface area is 156 Å². The molecular weight excluding hydrogens is 354 g/mol. The van der Waals surface area contributed by atoms with E-state index < -0.39 is 17.9 Å². The molecule has 0 radical (unpaired) electrons. The Hall–Kier alpha value is -2.81. The number of rotatable bonds is 6. The van der Waals surface area contributed by atoms with Gasteiger partial charge in [0.2, 0.25) is 0 Å². The van der Waals surface area contributed by atoms with Crippen molar-refractivity contribution in [1.29, 1.82) is 0 Å². The van der Waals surface area contributed by atoms with Crippen molar-refractivity contribution < 1.29 is 29.0 Å². The summed E-state index contributed by atoms with van der Waals surface area (Å²) >= 11 is 0. The molecule has 1 aromatic carbocycles. The van der Waals surface area contributed by atoms with Crippen LogP contribution in [-0.2, 0) is 9.53 Å². The molecule has 2 fully saturated rings. The summed E-state index contributed by atoms with van der Waals surface area (Å²) < 4.78 is 10.6. The first-order chi connectivity index (χ1) is 13.0. The lowest BCUT2D eigenvalue weighted by Crippen LogP contribution is -2.48. The van der Waals surface area contributed by atoms with E-state index in [-0.39, 0.29) is 17.5 Å². The van der Waals surface area contributed by atoms with E-state index in [0.717, 1.165) is 6.42 Å². The van der Waals surface area contributed by atoms with Crippen molar-refractivity contribution in [3.05, 3.63) is 23.8 Å². The molecule has 3 N–H and O–H groups in total. The molecular formula is C18H23N3O6. The Morgan fingerprint density at radius 3 is 2.85 bits per heavy atom. The zero-order valence-electron chi connectivity index (χ0n) is 15.1. The fourth-order valence-corrected chi connectivity index (χ4v) is 3.38. The zero-order chi connectivity index (χ0) is 19.4. The van der Waals surface area contributed by atoms with Crippen molar-refractivity contribution >= 4 is 23.6 Å². The fourth-order valence-electron chi connectivity index (χ4n) is 3.38. The molecule has 27 heavy (non-hydrogen) atoms. The van der Waals surface area contributed by atoms with Gasteiger partial charge in [-0.1, -0.05) is 0 Å². The van der Waals surface area contributed by atoms with Gasteiger partial charge in [-0.05, 0) is 31.0 Å². The van der Waals surface area contributed by atoms with Gasteiger partial charge in [0.05, 0.1) is 19.4 Å². The number of amides is 3. The van der Waals surface area contributed by atoms with E-state index in [2.05, 4.69) is 10.6 Å². The van der Waals surface area contributed by atoms with E-state index >= 15 is 0 Å². The summed E-state index contributed by atoms with van der Waals surface area (Å²) in [4.78, 5) is 37.8. The number of carbonyl (C=O) groups excluding carboxylic acids is 2. The summed E-state index contributed by atoms with van der Waals surface area (Å²) in [5.41, 5.74) is 0.724. The predicted molar refractivity (Wildman–Crippen MR) is 96.2 cm³/mol. The molecule has 0 aromatic heterocycles. The van der Waals surface area contributed by atoms with Crippen LogP contribution >= 0.6 is 0 Å². The molecule has 2 heterocycles. The standard InChI is InChI=1S/C18H23N3O6/c1-26-14-5-4-11(9-13(14)21-7-6-19-18(21)25)16(22)20-15(17(23)24)12-3-2-8-27-10-12/h4-5,9,12,15H,2-3,6-8,10H2,1H3,(H,19,25)(H,20,22)(H,23,24). The van der Waals surface area contributed by atoms with Gasteiger partial charge in [0.1, 0.15) is 11.8 Å². The SMILES string of the molecule is COc1ccc(C(=O)NC(C(=O)O)C2CCCOC2)cc1N1CCNC1=O. The van der Waals surface area contributed by atoms with Crippen LogP contribution in [0.5, 0.6) is 5.75 Å². The fraction of sp³-hybridized carbons (Fsp3) is 0.500. The van der Waals surface area contributed by atoms with E-state index in [9.17, 15) is 19.5 Å². The second kappa shape index (κ2) is 8.26. The third kappa shape index (κ3) is 4.13. The van der Waals surface area contributed by atoms with Gasteiger partial charge in [0.15, 0.2) is 0 Å². The predicted octanol–water partition coefficient (Wildman–Crippen LogP) is 0.834. The van der Waals surface area contributed by atoms with Gasteiger partial charge in [-0.2, -0.15) is 0 Å². The van der Waals surface area contributed by atoms with Crippen LogP contribution in [0.1, 0.15) is 23.2 Å². The summed E-state index contributed by atoms with van der Waals surface area (Å²) in [6.45, 7) is 1.87. The highest BCUT2D eigenvalue weighted by Gasteiger charge is 2.32. The Bertz CT molecular complexity index is 732. The summed E-state index contributed by atoms with van der Waals surface area (Å²) in [7, 11) is 1.48. The van der Waals surface area contributed by atoms with Crippen LogP contribution < -0.4 is 20.3 Å². The molecule has 2 unspecified atom stereocenters. The van der Waals surface area contributed by atoms with Crippen molar-refractivity contribution in [2.45, 2.75) is 18.9 Å². The van der Waals surface area contributed by atoms with Crippen LogP contribution in [0, 0.1) is 5.92 Å². The number of nitrogens with one attached hydrogen (secondary N) is 2. The van der Waals surface area contributed by atoms with Crippen LogP contribution in [0.3, 0.4) is 0 Å². The van der Waals surface area contributed by atoms with Crippen molar-refractivity contribution in [2.75, 3.05) is 38.3 Å². The normalized spacial score (nSPS) is 20.7. The number of methoxy groups -OCH3 is 1. The second-order valence-electron chi connectivity index (χ2n) is 6.54. The van der Waals surface area contributed by atoms with Crippen molar-refractivity contribution in [1.82, 2.24) is 10.6 Å².